The lowest BCUT2D eigenvalue weighted by molar-refractivity contribution is 0.171. The average Bonchev–Trinajstić information content (AvgIpc) is 1.86. The van der Waals surface area contributed by atoms with Gasteiger partial charge in [0.2, 0.25) is 0 Å². The summed E-state index contributed by atoms with van der Waals surface area (Å²) in [4.78, 5) is 0. The highest BCUT2D eigenvalue weighted by Crippen LogP contribution is 2.54. The first-order chi connectivity index (χ1) is 5.02. The van der Waals surface area contributed by atoms with E-state index >= 15 is 0 Å². The van der Waals surface area contributed by atoms with Gasteiger partial charge in [0.05, 0.1) is 12.7 Å². The van der Waals surface area contributed by atoms with Gasteiger partial charge in [-0.05, 0) is 20.3 Å². The second-order valence-electron chi connectivity index (χ2n) is 2.17. The second-order valence-corrected chi connectivity index (χ2v) is 4.75. The minimum absolute atomic E-state index is 0.120. The summed E-state index contributed by atoms with van der Waals surface area (Å²) in [6, 6.07) is 0. The van der Waals surface area contributed by atoms with Crippen molar-refractivity contribution in [1.29, 1.82) is 0 Å². The third-order valence-corrected chi connectivity index (χ3v) is 2.87. The Labute approximate surface area is 72.3 Å². The standard InChI is InChI=1S/C6H14ClO3P/c1-4-6(3)10-11(7,8)9-5-2/h6H,4-5H2,1-3H3/t6-,11?/m0/s1. The molecule has 0 rings (SSSR count). The topological polar surface area (TPSA) is 35.5 Å². The van der Waals surface area contributed by atoms with Gasteiger partial charge in [-0.25, -0.2) is 4.57 Å². The Bertz CT molecular complexity index is 151. The fourth-order valence-corrected chi connectivity index (χ4v) is 2.12. The van der Waals surface area contributed by atoms with Gasteiger partial charge in [0, 0.05) is 11.2 Å². The van der Waals surface area contributed by atoms with Crippen LogP contribution in [0.5, 0.6) is 0 Å². The number of hydrogen-bond acceptors (Lipinski definition) is 3. The summed E-state index contributed by atoms with van der Waals surface area (Å²) in [5.74, 6) is 0. The van der Waals surface area contributed by atoms with Gasteiger partial charge in [-0.2, -0.15) is 0 Å². The van der Waals surface area contributed by atoms with E-state index < -0.39 is 6.95 Å². The summed E-state index contributed by atoms with van der Waals surface area (Å²) < 4.78 is 20.7. The minimum Gasteiger partial charge on any atom is -0.297 e. The summed E-state index contributed by atoms with van der Waals surface area (Å²) in [6.07, 6.45) is 0.647. The van der Waals surface area contributed by atoms with Gasteiger partial charge in [-0.3, -0.25) is 9.05 Å². The molecule has 0 amide bonds. The van der Waals surface area contributed by atoms with Crippen molar-refractivity contribution >= 4 is 18.2 Å². The smallest absolute Gasteiger partial charge is 0.297 e. The van der Waals surface area contributed by atoms with Crippen molar-refractivity contribution in [2.45, 2.75) is 33.3 Å². The molecular formula is C6H14ClO3P. The molecule has 5 heteroatoms. The third-order valence-electron chi connectivity index (χ3n) is 1.16. The van der Waals surface area contributed by atoms with Crippen molar-refractivity contribution in [3.8, 4) is 0 Å². The summed E-state index contributed by atoms with van der Waals surface area (Å²) >= 11 is 5.42. The van der Waals surface area contributed by atoms with Crippen molar-refractivity contribution in [2.75, 3.05) is 6.61 Å². The van der Waals surface area contributed by atoms with Crippen LogP contribution >= 0.6 is 18.2 Å². The first-order valence-electron chi connectivity index (χ1n) is 3.64. The molecular weight excluding hydrogens is 186 g/mol. The fourth-order valence-electron chi connectivity index (χ4n) is 0.474. The molecule has 0 aliphatic heterocycles. The molecule has 0 bridgehead atoms. The largest absolute Gasteiger partial charge is 0.424 e. The Morgan fingerprint density at radius 3 is 2.45 bits per heavy atom. The second kappa shape index (κ2) is 5.15. The lowest BCUT2D eigenvalue weighted by Crippen LogP contribution is -2.03. The highest BCUT2D eigenvalue weighted by atomic mass is 35.7. The van der Waals surface area contributed by atoms with Crippen LogP contribution in [0.4, 0.5) is 0 Å². The van der Waals surface area contributed by atoms with Crippen molar-refractivity contribution < 1.29 is 13.6 Å². The Morgan fingerprint density at radius 1 is 1.55 bits per heavy atom. The summed E-state index contributed by atoms with van der Waals surface area (Å²) in [5, 5.41) is 0. The van der Waals surface area contributed by atoms with Gasteiger partial charge in [0.15, 0.2) is 0 Å². The van der Waals surface area contributed by atoms with E-state index in [-0.39, 0.29) is 6.10 Å². The molecule has 3 nitrogen and oxygen atoms in total. The molecule has 0 heterocycles. The Morgan fingerprint density at radius 2 is 2.09 bits per heavy atom. The van der Waals surface area contributed by atoms with Crippen LogP contribution in [0.2, 0.25) is 0 Å². The Hall–Kier alpha value is 0.440. The van der Waals surface area contributed by atoms with Gasteiger partial charge < -0.3 is 0 Å². The van der Waals surface area contributed by atoms with Gasteiger partial charge in [0.1, 0.15) is 0 Å². The lowest BCUT2D eigenvalue weighted by atomic mass is 10.3. The maximum atomic E-state index is 11.1. The maximum Gasteiger partial charge on any atom is 0.424 e. The molecule has 0 radical (unpaired) electrons. The van der Waals surface area contributed by atoms with E-state index in [1.54, 1.807) is 13.8 Å². The summed E-state index contributed by atoms with van der Waals surface area (Å²) in [7, 11) is 0. The molecule has 2 atom stereocenters. The van der Waals surface area contributed by atoms with Crippen molar-refractivity contribution in [1.82, 2.24) is 0 Å². The average molecular weight is 201 g/mol. The van der Waals surface area contributed by atoms with E-state index in [0.717, 1.165) is 6.42 Å². The van der Waals surface area contributed by atoms with Crippen molar-refractivity contribution in [2.24, 2.45) is 0 Å². The molecule has 0 aromatic carbocycles. The van der Waals surface area contributed by atoms with Gasteiger partial charge in [0.25, 0.3) is 0 Å². The summed E-state index contributed by atoms with van der Waals surface area (Å²) in [5.41, 5.74) is 0. The van der Waals surface area contributed by atoms with E-state index in [4.69, 9.17) is 20.3 Å². The van der Waals surface area contributed by atoms with E-state index in [9.17, 15) is 4.57 Å². The molecule has 0 aliphatic rings. The molecule has 68 valence electrons. The Kier molecular flexibility index (Phi) is 5.36. The van der Waals surface area contributed by atoms with Gasteiger partial charge >= 0.3 is 6.95 Å². The monoisotopic (exact) mass is 200 g/mol. The molecule has 11 heavy (non-hydrogen) atoms. The molecule has 0 aromatic heterocycles. The molecule has 0 saturated heterocycles. The van der Waals surface area contributed by atoms with Crippen LogP contribution < -0.4 is 0 Å². The third kappa shape index (κ3) is 5.68. The lowest BCUT2D eigenvalue weighted by Gasteiger charge is -2.14. The van der Waals surface area contributed by atoms with Crippen LogP contribution in [0.25, 0.3) is 0 Å². The van der Waals surface area contributed by atoms with Gasteiger partial charge in [-0.1, -0.05) is 6.92 Å². The van der Waals surface area contributed by atoms with Crippen LogP contribution in [0, 0.1) is 0 Å². The van der Waals surface area contributed by atoms with Gasteiger partial charge in [-0.15, -0.1) is 0 Å². The summed E-state index contributed by atoms with van der Waals surface area (Å²) in [6.45, 7) is 2.45. The molecule has 1 unspecified atom stereocenters. The van der Waals surface area contributed by atoms with Crippen LogP contribution in [-0.2, 0) is 13.6 Å². The predicted octanol–water partition coefficient (Wildman–Crippen LogP) is 3.18. The molecule has 0 fully saturated rings. The highest BCUT2D eigenvalue weighted by Gasteiger charge is 2.22. The molecule has 0 aliphatic carbocycles. The molecule has 0 spiro atoms. The van der Waals surface area contributed by atoms with Crippen molar-refractivity contribution in [3.05, 3.63) is 0 Å². The normalized spacial score (nSPS) is 19.3. The van der Waals surface area contributed by atoms with E-state index in [2.05, 4.69) is 0 Å². The number of rotatable bonds is 5. The minimum atomic E-state index is -3.29. The number of hydrogen-bond donors (Lipinski definition) is 0. The molecule has 0 aromatic rings. The van der Waals surface area contributed by atoms with Crippen LogP contribution in [0.3, 0.4) is 0 Å². The Balaban J connectivity index is 3.81. The first-order valence-corrected chi connectivity index (χ1v) is 6.09. The zero-order valence-corrected chi connectivity index (χ0v) is 8.69. The van der Waals surface area contributed by atoms with Crippen molar-refractivity contribution in [3.63, 3.8) is 0 Å². The van der Waals surface area contributed by atoms with E-state index in [0.29, 0.717) is 6.61 Å². The molecule has 0 N–H and O–H groups in total. The first kappa shape index (κ1) is 11.4. The maximum absolute atomic E-state index is 11.1. The fraction of sp³-hybridized carbons (Fsp3) is 1.00. The van der Waals surface area contributed by atoms with E-state index in [1.165, 1.54) is 0 Å². The zero-order valence-electron chi connectivity index (χ0n) is 7.04. The predicted molar refractivity (Wildman–Crippen MR) is 45.9 cm³/mol. The van der Waals surface area contributed by atoms with E-state index in [1.807, 2.05) is 6.92 Å². The highest BCUT2D eigenvalue weighted by molar-refractivity contribution is 7.81. The van der Waals surface area contributed by atoms with Crippen LogP contribution in [0.15, 0.2) is 0 Å². The van der Waals surface area contributed by atoms with Crippen LogP contribution in [0.1, 0.15) is 27.2 Å². The quantitative estimate of drug-likeness (QED) is 0.640. The molecule has 0 saturated carbocycles. The number of halogens is 1. The van der Waals surface area contributed by atoms with Crippen LogP contribution in [-0.4, -0.2) is 12.7 Å². The zero-order chi connectivity index (χ0) is 8.91. The SMILES string of the molecule is CCOP(=O)(Cl)O[C@@H](C)CC.